The molecule has 1 heterocycles. The first-order valence-corrected chi connectivity index (χ1v) is 10.9. The van der Waals surface area contributed by atoms with Crippen molar-refractivity contribution in [3.8, 4) is 0 Å². The van der Waals surface area contributed by atoms with E-state index in [9.17, 15) is 9.59 Å². The van der Waals surface area contributed by atoms with Gasteiger partial charge in [-0.05, 0) is 28.8 Å². The molecule has 1 atom stereocenters. The third-order valence-electron chi connectivity index (χ3n) is 5.91. The molecule has 160 valence electrons. The van der Waals surface area contributed by atoms with Crippen molar-refractivity contribution >= 4 is 22.6 Å². The van der Waals surface area contributed by atoms with Gasteiger partial charge in [-0.3, -0.25) is 14.5 Å². The highest BCUT2D eigenvalue weighted by Crippen LogP contribution is 2.19. The lowest BCUT2D eigenvalue weighted by Crippen LogP contribution is -2.54. The van der Waals surface area contributed by atoms with Gasteiger partial charge in [-0.15, -0.1) is 0 Å². The van der Waals surface area contributed by atoms with Gasteiger partial charge in [0, 0.05) is 32.7 Å². The number of hydrogen-bond acceptors (Lipinski definition) is 3. The van der Waals surface area contributed by atoms with E-state index in [4.69, 9.17) is 0 Å². The average Bonchev–Trinajstić information content (AvgIpc) is 2.80. The van der Waals surface area contributed by atoms with Crippen LogP contribution in [0.1, 0.15) is 18.1 Å². The van der Waals surface area contributed by atoms with E-state index < -0.39 is 6.04 Å². The number of fused-ring (bicyclic) bond motifs is 1. The Morgan fingerprint density at radius 1 is 0.871 bits per heavy atom. The second-order valence-corrected chi connectivity index (χ2v) is 8.19. The minimum atomic E-state index is -0.525. The summed E-state index contributed by atoms with van der Waals surface area (Å²) in [6.07, 6.45) is 0.268. The van der Waals surface area contributed by atoms with Crippen molar-refractivity contribution in [2.75, 3.05) is 26.2 Å². The summed E-state index contributed by atoms with van der Waals surface area (Å²) >= 11 is 0. The maximum Gasteiger partial charge on any atom is 0.244 e. The van der Waals surface area contributed by atoms with Crippen LogP contribution in [0.15, 0.2) is 72.8 Å². The maximum absolute atomic E-state index is 12.9. The predicted octanol–water partition coefficient (Wildman–Crippen LogP) is 3.23. The van der Waals surface area contributed by atoms with Crippen LogP contribution in [0.5, 0.6) is 0 Å². The zero-order valence-corrected chi connectivity index (χ0v) is 18.0. The molecule has 0 aromatic heterocycles. The Kier molecular flexibility index (Phi) is 6.63. The Balaban J connectivity index is 1.28. The van der Waals surface area contributed by atoms with Crippen LogP contribution in [-0.4, -0.2) is 53.8 Å². The van der Waals surface area contributed by atoms with E-state index in [2.05, 4.69) is 34.5 Å². The molecule has 5 heteroatoms. The molecule has 1 aliphatic heterocycles. The van der Waals surface area contributed by atoms with Crippen LogP contribution in [0.3, 0.4) is 0 Å². The van der Waals surface area contributed by atoms with Crippen molar-refractivity contribution in [2.24, 2.45) is 0 Å². The molecule has 0 aliphatic carbocycles. The summed E-state index contributed by atoms with van der Waals surface area (Å²) in [4.78, 5) is 29.7. The van der Waals surface area contributed by atoms with Gasteiger partial charge in [-0.2, -0.15) is 0 Å². The average molecular weight is 416 g/mol. The normalized spacial score (nSPS) is 15.6. The van der Waals surface area contributed by atoms with Crippen LogP contribution in [0.2, 0.25) is 0 Å². The fourth-order valence-electron chi connectivity index (χ4n) is 4.22. The Morgan fingerprint density at radius 3 is 2.32 bits per heavy atom. The third-order valence-corrected chi connectivity index (χ3v) is 5.91. The summed E-state index contributed by atoms with van der Waals surface area (Å²) in [6, 6.07) is 23.9. The van der Waals surface area contributed by atoms with Crippen molar-refractivity contribution in [3.63, 3.8) is 0 Å². The molecule has 1 unspecified atom stereocenters. The lowest BCUT2D eigenvalue weighted by atomic mass is 10.0. The van der Waals surface area contributed by atoms with Crippen molar-refractivity contribution in [2.45, 2.75) is 25.9 Å². The van der Waals surface area contributed by atoms with Crippen LogP contribution in [0.25, 0.3) is 10.8 Å². The molecule has 3 aromatic rings. The molecule has 1 aliphatic rings. The molecule has 1 fully saturated rings. The molecule has 4 rings (SSSR count). The molecule has 3 aromatic carbocycles. The SMILES string of the molecule is CC(NC(=O)Cc1cccc2ccccc12)C(=O)N1CCN(Cc2ccccc2)CC1. The lowest BCUT2D eigenvalue weighted by Gasteiger charge is -2.36. The molecule has 1 saturated heterocycles. The number of carbonyl (C=O) groups is 2. The molecular weight excluding hydrogens is 386 g/mol. The zero-order valence-electron chi connectivity index (χ0n) is 18.0. The number of benzene rings is 3. The maximum atomic E-state index is 12.9. The summed E-state index contributed by atoms with van der Waals surface area (Å²) in [5.74, 6) is -0.134. The predicted molar refractivity (Wildman–Crippen MR) is 124 cm³/mol. The summed E-state index contributed by atoms with van der Waals surface area (Å²) in [5.41, 5.74) is 2.26. The van der Waals surface area contributed by atoms with Gasteiger partial charge in [-0.1, -0.05) is 72.8 Å². The van der Waals surface area contributed by atoms with Gasteiger partial charge in [-0.25, -0.2) is 0 Å². The van der Waals surface area contributed by atoms with Crippen LogP contribution in [0.4, 0.5) is 0 Å². The highest BCUT2D eigenvalue weighted by Gasteiger charge is 2.26. The first-order chi connectivity index (χ1) is 15.1. The van der Waals surface area contributed by atoms with Crippen molar-refractivity contribution in [1.82, 2.24) is 15.1 Å². The van der Waals surface area contributed by atoms with Gasteiger partial charge >= 0.3 is 0 Å². The van der Waals surface area contributed by atoms with E-state index in [0.717, 1.165) is 36.0 Å². The Hall–Kier alpha value is -3.18. The number of amides is 2. The Bertz CT molecular complexity index is 1040. The number of piperazine rings is 1. The van der Waals surface area contributed by atoms with Crippen molar-refractivity contribution < 1.29 is 9.59 Å². The monoisotopic (exact) mass is 415 g/mol. The number of rotatable bonds is 6. The summed E-state index contributed by atoms with van der Waals surface area (Å²) < 4.78 is 0. The van der Waals surface area contributed by atoms with E-state index in [1.165, 1.54) is 5.56 Å². The fourth-order valence-corrected chi connectivity index (χ4v) is 4.22. The quantitative estimate of drug-likeness (QED) is 0.673. The largest absolute Gasteiger partial charge is 0.344 e. The molecule has 0 saturated carbocycles. The van der Waals surface area contributed by atoms with Gasteiger partial charge in [0.15, 0.2) is 0 Å². The smallest absolute Gasteiger partial charge is 0.244 e. The molecule has 0 spiro atoms. The van der Waals surface area contributed by atoms with Gasteiger partial charge in [0.05, 0.1) is 6.42 Å². The van der Waals surface area contributed by atoms with Gasteiger partial charge in [0.25, 0.3) is 0 Å². The number of carbonyl (C=O) groups excluding carboxylic acids is 2. The summed E-state index contributed by atoms with van der Waals surface area (Å²) in [7, 11) is 0. The highest BCUT2D eigenvalue weighted by molar-refractivity contribution is 5.92. The van der Waals surface area contributed by atoms with Crippen molar-refractivity contribution in [1.29, 1.82) is 0 Å². The molecule has 2 amide bonds. The molecule has 31 heavy (non-hydrogen) atoms. The number of nitrogens with zero attached hydrogens (tertiary/aromatic N) is 2. The molecule has 1 N–H and O–H groups in total. The minimum Gasteiger partial charge on any atom is -0.344 e. The molecule has 5 nitrogen and oxygen atoms in total. The summed E-state index contributed by atoms with van der Waals surface area (Å²) in [5, 5.41) is 5.09. The fraction of sp³-hybridized carbons (Fsp3) is 0.308. The molecule has 0 bridgehead atoms. The number of nitrogens with one attached hydrogen (secondary N) is 1. The van der Waals surface area contributed by atoms with Crippen molar-refractivity contribution in [3.05, 3.63) is 83.9 Å². The van der Waals surface area contributed by atoms with E-state index in [-0.39, 0.29) is 18.2 Å². The number of hydrogen-bond donors (Lipinski definition) is 1. The Morgan fingerprint density at radius 2 is 1.55 bits per heavy atom. The second kappa shape index (κ2) is 9.75. The van der Waals surface area contributed by atoms with Gasteiger partial charge in [0.1, 0.15) is 6.04 Å². The molecular formula is C26H29N3O2. The van der Waals surface area contributed by atoms with Gasteiger partial charge < -0.3 is 10.2 Å². The minimum absolute atomic E-state index is 0.00868. The van der Waals surface area contributed by atoms with E-state index in [1.807, 2.05) is 53.4 Å². The Labute approximate surface area is 183 Å². The van der Waals surface area contributed by atoms with E-state index in [0.29, 0.717) is 13.1 Å². The lowest BCUT2D eigenvalue weighted by molar-refractivity contribution is -0.137. The summed E-state index contributed by atoms with van der Waals surface area (Å²) in [6.45, 7) is 5.75. The van der Waals surface area contributed by atoms with E-state index in [1.54, 1.807) is 6.92 Å². The van der Waals surface area contributed by atoms with Crippen LogP contribution >= 0.6 is 0 Å². The van der Waals surface area contributed by atoms with Crippen LogP contribution in [0, 0.1) is 0 Å². The highest BCUT2D eigenvalue weighted by atomic mass is 16.2. The first kappa shape index (κ1) is 21.1. The standard InChI is InChI=1S/C26H29N3O2/c1-20(27-25(30)18-23-12-7-11-22-10-5-6-13-24(22)23)26(31)29-16-14-28(15-17-29)19-21-8-3-2-4-9-21/h2-13,20H,14-19H2,1H3,(H,27,30). The topological polar surface area (TPSA) is 52.7 Å². The first-order valence-electron chi connectivity index (χ1n) is 10.9. The second-order valence-electron chi connectivity index (χ2n) is 8.19. The van der Waals surface area contributed by atoms with Crippen LogP contribution < -0.4 is 5.32 Å². The third kappa shape index (κ3) is 5.30. The van der Waals surface area contributed by atoms with Gasteiger partial charge in [0.2, 0.25) is 11.8 Å². The van der Waals surface area contributed by atoms with E-state index >= 15 is 0 Å². The zero-order chi connectivity index (χ0) is 21.6. The van der Waals surface area contributed by atoms with Crippen LogP contribution in [-0.2, 0) is 22.6 Å². The molecule has 0 radical (unpaired) electrons.